The number of non-ortho nitro benzene ring substituents is 2. The normalized spacial score (nSPS) is 10.2. The molecule has 0 atom stereocenters. The minimum Gasteiger partial charge on any atom is -0.482 e. The topological polar surface area (TPSA) is 125 Å². The van der Waals surface area contributed by atoms with Crippen molar-refractivity contribution in [2.45, 2.75) is 0 Å². The number of nitro benzene ring substituents is 2. The predicted molar refractivity (Wildman–Crippen MR) is 90.3 cm³/mol. The predicted octanol–water partition coefficient (Wildman–Crippen LogP) is 3.83. The van der Waals surface area contributed by atoms with E-state index >= 15 is 0 Å². The van der Waals surface area contributed by atoms with E-state index in [9.17, 15) is 25.0 Å². The second-order valence-corrected chi connectivity index (χ2v) is 5.44. The minimum atomic E-state index is -0.614. The smallest absolute Gasteiger partial charge is 0.271 e. The first kappa shape index (κ1) is 18.4. The summed E-state index contributed by atoms with van der Waals surface area (Å²) in [6, 6.07) is 7.14. The van der Waals surface area contributed by atoms with Crippen molar-refractivity contribution >= 4 is 46.2 Å². The Morgan fingerprint density at radius 3 is 2.08 bits per heavy atom. The molecule has 130 valence electrons. The molecule has 0 bridgehead atoms. The molecule has 11 heteroatoms. The van der Waals surface area contributed by atoms with E-state index in [4.69, 9.17) is 27.9 Å². The molecule has 9 nitrogen and oxygen atoms in total. The lowest BCUT2D eigenvalue weighted by molar-refractivity contribution is -0.385. The van der Waals surface area contributed by atoms with Crippen LogP contribution < -0.4 is 10.1 Å². The van der Waals surface area contributed by atoms with Gasteiger partial charge in [-0.15, -0.1) is 0 Å². The number of amides is 1. The summed E-state index contributed by atoms with van der Waals surface area (Å²) in [6.45, 7) is -0.440. The molecule has 0 radical (unpaired) electrons. The first-order valence-corrected chi connectivity index (χ1v) is 7.34. The highest BCUT2D eigenvalue weighted by Crippen LogP contribution is 2.29. The van der Waals surface area contributed by atoms with Gasteiger partial charge in [0.2, 0.25) is 0 Å². The van der Waals surface area contributed by atoms with E-state index in [1.54, 1.807) is 0 Å². The van der Waals surface area contributed by atoms with Crippen LogP contribution in [0, 0.1) is 20.2 Å². The van der Waals surface area contributed by atoms with Crippen molar-refractivity contribution in [3.05, 3.63) is 66.7 Å². The Kier molecular flexibility index (Phi) is 5.73. The molecule has 0 unspecified atom stereocenters. The zero-order valence-electron chi connectivity index (χ0n) is 12.3. The number of halogens is 2. The number of carbonyl (C=O) groups excluding carboxylic acids is 1. The molecule has 0 saturated heterocycles. The zero-order chi connectivity index (χ0) is 18.6. The highest BCUT2D eigenvalue weighted by atomic mass is 35.5. The summed E-state index contributed by atoms with van der Waals surface area (Å²) in [5, 5.41) is 23.7. The minimum absolute atomic E-state index is 0.00378. The average molecular weight is 386 g/mol. The summed E-state index contributed by atoms with van der Waals surface area (Å²) in [7, 11) is 0. The van der Waals surface area contributed by atoms with Gasteiger partial charge in [0.05, 0.1) is 25.6 Å². The molecule has 0 heterocycles. The second kappa shape index (κ2) is 7.77. The summed E-state index contributed by atoms with van der Waals surface area (Å²) in [4.78, 5) is 31.9. The van der Waals surface area contributed by atoms with Crippen LogP contribution in [0.1, 0.15) is 0 Å². The molecule has 0 saturated carbocycles. The summed E-state index contributed by atoms with van der Waals surface area (Å²) in [5.41, 5.74) is -0.243. The fourth-order valence-electron chi connectivity index (χ4n) is 1.77. The van der Waals surface area contributed by atoms with Gasteiger partial charge in [-0.05, 0) is 12.1 Å². The molecule has 0 aromatic heterocycles. The number of hydrogen-bond donors (Lipinski definition) is 1. The van der Waals surface area contributed by atoms with Gasteiger partial charge in [0, 0.05) is 24.3 Å². The average Bonchev–Trinajstić information content (AvgIpc) is 2.55. The van der Waals surface area contributed by atoms with E-state index in [0.29, 0.717) is 0 Å². The van der Waals surface area contributed by atoms with Crippen LogP contribution in [0.25, 0.3) is 0 Å². The van der Waals surface area contributed by atoms with Gasteiger partial charge >= 0.3 is 0 Å². The summed E-state index contributed by atoms with van der Waals surface area (Å²) in [6.07, 6.45) is 0. The molecule has 1 amide bonds. The van der Waals surface area contributed by atoms with E-state index < -0.39 is 22.4 Å². The third-order valence-electron chi connectivity index (χ3n) is 2.92. The molecular weight excluding hydrogens is 377 g/mol. The molecule has 0 fully saturated rings. The number of ether oxygens (including phenoxy) is 1. The lowest BCUT2D eigenvalue weighted by atomic mass is 10.3. The summed E-state index contributed by atoms with van der Waals surface area (Å²) in [5.74, 6) is -0.498. The number of anilines is 1. The number of rotatable bonds is 6. The molecule has 25 heavy (non-hydrogen) atoms. The third kappa shape index (κ3) is 4.78. The van der Waals surface area contributed by atoms with Gasteiger partial charge in [-0.3, -0.25) is 25.0 Å². The fraction of sp³-hybridized carbons (Fsp3) is 0.0714. The van der Waals surface area contributed by atoms with Crippen LogP contribution in [0.15, 0.2) is 36.4 Å². The van der Waals surface area contributed by atoms with Gasteiger partial charge in [-0.2, -0.15) is 0 Å². The van der Waals surface area contributed by atoms with Gasteiger partial charge in [0.1, 0.15) is 5.75 Å². The van der Waals surface area contributed by atoms with Crippen LogP contribution in [-0.2, 0) is 4.79 Å². The van der Waals surface area contributed by atoms with E-state index in [0.717, 1.165) is 12.1 Å². The number of carbonyl (C=O) groups is 1. The Balaban J connectivity index is 1.99. The van der Waals surface area contributed by atoms with Crippen LogP contribution in [0.3, 0.4) is 0 Å². The quantitative estimate of drug-likeness (QED) is 0.594. The third-order valence-corrected chi connectivity index (χ3v) is 3.53. The Morgan fingerprint density at radius 1 is 1.00 bits per heavy atom. The van der Waals surface area contributed by atoms with E-state index in [1.807, 2.05) is 0 Å². The van der Waals surface area contributed by atoms with Gasteiger partial charge in [0.25, 0.3) is 17.3 Å². The van der Waals surface area contributed by atoms with Crippen molar-refractivity contribution in [3.63, 3.8) is 0 Å². The van der Waals surface area contributed by atoms with Crippen molar-refractivity contribution in [2.24, 2.45) is 0 Å². The fourth-order valence-corrected chi connectivity index (χ4v) is 2.22. The number of nitrogens with zero attached hydrogens (tertiary/aromatic N) is 2. The standard InChI is InChI=1S/C14H9Cl2N3O6/c15-10-5-8(18(21)22)1-3-12(10)17-14(20)7-25-13-4-2-9(19(23)24)6-11(13)16/h1-6H,7H2,(H,17,20). The summed E-state index contributed by atoms with van der Waals surface area (Å²) >= 11 is 11.7. The molecule has 1 N–H and O–H groups in total. The first-order valence-electron chi connectivity index (χ1n) is 6.58. The second-order valence-electron chi connectivity index (χ2n) is 4.63. The van der Waals surface area contributed by atoms with Gasteiger partial charge in [-0.25, -0.2) is 0 Å². The van der Waals surface area contributed by atoms with Crippen molar-refractivity contribution in [2.75, 3.05) is 11.9 Å². The van der Waals surface area contributed by atoms with Crippen molar-refractivity contribution < 1.29 is 19.4 Å². The maximum atomic E-state index is 11.9. The molecular formula is C14H9Cl2N3O6. The monoisotopic (exact) mass is 385 g/mol. The van der Waals surface area contributed by atoms with Crippen LogP contribution in [0.2, 0.25) is 10.0 Å². The van der Waals surface area contributed by atoms with E-state index in [2.05, 4.69) is 5.32 Å². The van der Waals surface area contributed by atoms with Crippen LogP contribution in [0.5, 0.6) is 5.75 Å². The highest BCUT2D eigenvalue weighted by molar-refractivity contribution is 6.34. The Hall–Kier alpha value is -2.91. The molecule has 0 spiro atoms. The number of benzene rings is 2. The number of nitro groups is 2. The van der Waals surface area contributed by atoms with E-state index in [1.165, 1.54) is 24.3 Å². The first-order chi connectivity index (χ1) is 11.8. The zero-order valence-corrected chi connectivity index (χ0v) is 13.8. The van der Waals surface area contributed by atoms with Gasteiger partial charge in [-0.1, -0.05) is 23.2 Å². The molecule has 0 aliphatic carbocycles. The maximum Gasteiger partial charge on any atom is 0.271 e. The highest BCUT2D eigenvalue weighted by Gasteiger charge is 2.14. The molecule has 2 aromatic rings. The van der Waals surface area contributed by atoms with Crippen molar-refractivity contribution in [3.8, 4) is 5.75 Å². The van der Waals surface area contributed by atoms with Gasteiger partial charge < -0.3 is 10.1 Å². The summed E-state index contributed by atoms with van der Waals surface area (Å²) < 4.78 is 5.19. The number of nitrogens with one attached hydrogen (secondary N) is 1. The Labute approximate surface area is 150 Å². The largest absolute Gasteiger partial charge is 0.482 e. The molecule has 0 aliphatic heterocycles. The van der Waals surface area contributed by atoms with Crippen LogP contribution >= 0.6 is 23.2 Å². The lowest BCUT2D eigenvalue weighted by Gasteiger charge is -2.09. The molecule has 2 aromatic carbocycles. The Bertz CT molecular complexity index is 858. The Morgan fingerprint density at radius 2 is 1.56 bits per heavy atom. The van der Waals surface area contributed by atoms with Crippen molar-refractivity contribution in [1.29, 1.82) is 0 Å². The SMILES string of the molecule is O=C(COc1ccc([N+](=O)[O-])cc1Cl)Nc1ccc([N+](=O)[O-])cc1Cl. The molecule has 2 rings (SSSR count). The van der Waals surface area contributed by atoms with Crippen LogP contribution in [0.4, 0.5) is 17.1 Å². The van der Waals surface area contributed by atoms with Crippen LogP contribution in [-0.4, -0.2) is 22.4 Å². The maximum absolute atomic E-state index is 11.9. The van der Waals surface area contributed by atoms with Crippen molar-refractivity contribution in [1.82, 2.24) is 0 Å². The van der Waals surface area contributed by atoms with Gasteiger partial charge in [0.15, 0.2) is 6.61 Å². The lowest BCUT2D eigenvalue weighted by Crippen LogP contribution is -2.20. The van der Waals surface area contributed by atoms with E-state index in [-0.39, 0.29) is 32.9 Å². The molecule has 0 aliphatic rings. The number of hydrogen-bond acceptors (Lipinski definition) is 6.